The summed E-state index contributed by atoms with van der Waals surface area (Å²) in [7, 11) is 0. The summed E-state index contributed by atoms with van der Waals surface area (Å²) in [6.07, 6.45) is -4.32. The predicted octanol–water partition coefficient (Wildman–Crippen LogP) is 10.1. The van der Waals surface area contributed by atoms with Crippen molar-refractivity contribution in [3.8, 4) is 33.4 Å². The molecule has 0 spiro atoms. The molecule has 0 saturated carbocycles. The SMILES string of the molecule is FC(F)(F)c1ccc(-c2ccc(-c3cccc(-c4ccc5sc6ccccc6c5c4)c3)cc2)cc1. The van der Waals surface area contributed by atoms with Gasteiger partial charge in [-0.25, -0.2) is 0 Å². The van der Waals surface area contributed by atoms with Gasteiger partial charge in [0.05, 0.1) is 5.56 Å². The minimum Gasteiger partial charge on any atom is -0.166 e. The van der Waals surface area contributed by atoms with Crippen LogP contribution in [0.3, 0.4) is 0 Å². The molecular weight excluding hydrogens is 461 g/mol. The van der Waals surface area contributed by atoms with Crippen LogP contribution in [-0.4, -0.2) is 0 Å². The lowest BCUT2D eigenvalue weighted by Crippen LogP contribution is -2.03. The summed E-state index contributed by atoms with van der Waals surface area (Å²) < 4.78 is 41.1. The molecule has 0 aliphatic rings. The first-order valence-corrected chi connectivity index (χ1v) is 12.1. The van der Waals surface area contributed by atoms with E-state index in [-0.39, 0.29) is 0 Å². The summed E-state index contributed by atoms with van der Waals surface area (Å²) in [4.78, 5) is 0. The van der Waals surface area contributed by atoms with Crippen molar-refractivity contribution >= 4 is 31.5 Å². The highest BCUT2D eigenvalue weighted by molar-refractivity contribution is 7.25. The Kier molecular flexibility index (Phi) is 5.19. The Morgan fingerprint density at radius 2 is 0.943 bits per heavy atom. The third kappa shape index (κ3) is 4.11. The molecule has 35 heavy (non-hydrogen) atoms. The fourth-order valence-electron chi connectivity index (χ4n) is 4.49. The molecule has 0 fully saturated rings. The summed E-state index contributed by atoms with van der Waals surface area (Å²) in [6, 6.07) is 36.8. The van der Waals surface area contributed by atoms with Gasteiger partial charge in [-0.05, 0) is 69.8 Å². The third-order valence-electron chi connectivity index (χ3n) is 6.34. The highest BCUT2D eigenvalue weighted by Crippen LogP contribution is 2.37. The molecule has 0 nitrogen and oxygen atoms in total. The Bertz CT molecular complexity index is 1660. The molecule has 0 aliphatic heterocycles. The van der Waals surface area contributed by atoms with Gasteiger partial charge in [-0.1, -0.05) is 78.9 Å². The van der Waals surface area contributed by atoms with E-state index < -0.39 is 11.7 Å². The van der Waals surface area contributed by atoms with Gasteiger partial charge in [0.25, 0.3) is 0 Å². The van der Waals surface area contributed by atoms with Gasteiger partial charge < -0.3 is 0 Å². The summed E-state index contributed by atoms with van der Waals surface area (Å²) >= 11 is 1.81. The molecule has 5 aromatic carbocycles. The number of benzene rings is 5. The maximum absolute atomic E-state index is 12.8. The van der Waals surface area contributed by atoms with Crippen LogP contribution in [0.25, 0.3) is 53.6 Å². The monoisotopic (exact) mass is 480 g/mol. The van der Waals surface area contributed by atoms with Crippen molar-refractivity contribution < 1.29 is 13.2 Å². The van der Waals surface area contributed by atoms with Crippen LogP contribution in [-0.2, 0) is 6.18 Å². The van der Waals surface area contributed by atoms with E-state index >= 15 is 0 Å². The lowest BCUT2D eigenvalue weighted by molar-refractivity contribution is -0.137. The van der Waals surface area contributed by atoms with Gasteiger partial charge in [0.15, 0.2) is 0 Å². The highest BCUT2D eigenvalue weighted by atomic mass is 32.1. The van der Waals surface area contributed by atoms with E-state index in [2.05, 4.69) is 66.7 Å². The fraction of sp³-hybridized carbons (Fsp3) is 0.0323. The Hall–Kier alpha value is -3.89. The van der Waals surface area contributed by atoms with E-state index in [4.69, 9.17) is 0 Å². The number of fused-ring (bicyclic) bond motifs is 3. The van der Waals surface area contributed by atoms with Crippen LogP contribution in [0.15, 0.2) is 115 Å². The standard InChI is InChI=1S/C31H19F3S/c32-31(33,34)26-15-12-21(13-16-26)20-8-10-22(11-9-20)23-4-3-5-24(18-23)25-14-17-30-28(19-25)27-6-1-2-7-29(27)35-30/h1-19H. The summed E-state index contributed by atoms with van der Waals surface area (Å²) in [5.74, 6) is 0. The summed E-state index contributed by atoms with van der Waals surface area (Å²) in [5.41, 5.74) is 5.48. The predicted molar refractivity (Wildman–Crippen MR) is 141 cm³/mol. The summed E-state index contributed by atoms with van der Waals surface area (Å²) in [6.45, 7) is 0. The van der Waals surface area contributed by atoms with Gasteiger partial charge in [-0.3, -0.25) is 0 Å². The normalized spacial score (nSPS) is 11.9. The number of halogens is 3. The van der Waals surface area contributed by atoms with Crippen LogP contribution in [0.2, 0.25) is 0 Å². The zero-order valence-electron chi connectivity index (χ0n) is 18.5. The largest absolute Gasteiger partial charge is 0.416 e. The van der Waals surface area contributed by atoms with Gasteiger partial charge >= 0.3 is 6.18 Å². The van der Waals surface area contributed by atoms with Crippen molar-refractivity contribution in [3.63, 3.8) is 0 Å². The Morgan fingerprint density at radius 3 is 1.63 bits per heavy atom. The maximum atomic E-state index is 12.8. The molecule has 1 heterocycles. The number of alkyl halides is 3. The highest BCUT2D eigenvalue weighted by Gasteiger charge is 2.29. The van der Waals surface area contributed by atoms with Crippen molar-refractivity contribution in [2.75, 3.05) is 0 Å². The first-order valence-electron chi connectivity index (χ1n) is 11.3. The molecule has 0 bridgehead atoms. The van der Waals surface area contributed by atoms with E-state index in [0.29, 0.717) is 0 Å². The molecule has 0 unspecified atom stereocenters. The number of hydrogen-bond acceptors (Lipinski definition) is 1. The first-order chi connectivity index (χ1) is 17.0. The molecule has 6 aromatic rings. The first kappa shape index (κ1) is 21.6. The second-order valence-electron chi connectivity index (χ2n) is 8.54. The number of rotatable bonds is 3. The topological polar surface area (TPSA) is 0 Å². The molecule has 170 valence electrons. The molecule has 0 saturated heterocycles. The van der Waals surface area contributed by atoms with E-state index in [1.807, 2.05) is 35.6 Å². The average molecular weight is 481 g/mol. The van der Waals surface area contributed by atoms with Crippen molar-refractivity contribution in [1.82, 2.24) is 0 Å². The van der Waals surface area contributed by atoms with Crippen LogP contribution < -0.4 is 0 Å². The molecule has 6 rings (SSSR count). The van der Waals surface area contributed by atoms with Crippen LogP contribution in [0.5, 0.6) is 0 Å². The zero-order chi connectivity index (χ0) is 24.0. The van der Waals surface area contributed by atoms with Crippen LogP contribution >= 0.6 is 11.3 Å². The third-order valence-corrected chi connectivity index (χ3v) is 7.49. The van der Waals surface area contributed by atoms with Crippen molar-refractivity contribution in [3.05, 3.63) is 121 Å². The van der Waals surface area contributed by atoms with E-state index in [1.165, 1.54) is 37.9 Å². The number of hydrogen-bond donors (Lipinski definition) is 0. The Labute approximate surface area is 204 Å². The van der Waals surface area contributed by atoms with E-state index in [0.717, 1.165) is 39.9 Å². The molecule has 0 amide bonds. The number of thiophene rings is 1. The molecule has 0 atom stereocenters. The smallest absolute Gasteiger partial charge is 0.166 e. The van der Waals surface area contributed by atoms with Gasteiger partial charge in [-0.2, -0.15) is 13.2 Å². The molecule has 4 heteroatoms. The molecule has 0 N–H and O–H groups in total. The lowest BCUT2D eigenvalue weighted by atomic mass is 9.96. The van der Waals surface area contributed by atoms with E-state index in [9.17, 15) is 13.2 Å². The molecule has 0 aliphatic carbocycles. The molecule has 0 radical (unpaired) electrons. The quantitative estimate of drug-likeness (QED) is 0.236. The fourth-order valence-corrected chi connectivity index (χ4v) is 5.58. The maximum Gasteiger partial charge on any atom is 0.416 e. The van der Waals surface area contributed by atoms with Gasteiger partial charge in [0, 0.05) is 20.2 Å². The van der Waals surface area contributed by atoms with Crippen molar-refractivity contribution in [2.24, 2.45) is 0 Å². The van der Waals surface area contributed by atoms with Crippen LogP contribution in [0.4, 0.5) is 13.2 Å². The minimum absolute atomic E-state index is 0.636. The second-order valence-corrected chi connectivity index (χ2v) is 9.63. The Balaban J connectivity index is 1.31. The lowest BCUT2D eigenvalue weighted by Gasteiger charge is -2.09. The van der Waals surface area contributed by atoms with Gasteiger partial charge in [0.1, 0.15) is 0 Å². The van der Waals surface area contributed by atoms with Crippen LogP contribution in [0, 0.1) is 0 Å². The van der Waals surface area contributed by atoms with Gasteiger partial charge in [0.2, 0.25) is 0 Å². The van der Waals surface area contributed by atoms with E-state index in [1.54, 1.807) is 0 Å². The van der Waals surface area contributed by atoms with Crippen LogP contribution in [0.1, 0.15) is 5.56 Å². The zero-order valence-corrected chi connectivity index (χ0v) is 19.3. The van der Waals surface area contributed by atoms with Crippen molar-refractivity contribution in [1.29, 1.82) is 0 Å². The Morgan fingerprint density at radius 1 is 0.429 bits per heavy atom. The van der Waals surface area contributed by atoms with Gasteiger partial charge in [-0.15, -0.1) is 11.3 Å². The summed E-state index contributed by atoms with van der Waals surface area (Å²) in [5, 5.41) is 2.55. The molecule has 1 aromatic heterocycles. The van der Waals surface area contributed by atoms with Crippen molar-refractivity contribution in [2.45, 2.75) is 6.18 Å². The molecular formula is C31H19F3S. The minimum atomic E-state index is -4.32. The average Bonchev–Trinajstić information content (AvgIpc) is 3.26. The second kappa shape index (κ2) is 8.40.